The number of hydrogen-bond acceptors (Lipinski definition) is 6. The third kappa shape index (κ3) is 5.16. The first-order valence-corrected chi connectivity index (χ1v) is 18.4. The molecule has 2 aliphatic rings. The first-order valence-electron chi connectivity index (χ1n) is 16.6. The van der Waals surface area contributed by atoms with Crippen LogP contribution in [-0.4, -0.2) is 11.8 Å². The van der Waals surface area contributed by atoms with Crippen molar-refractivity contribution in [2.45, 2.75) is 26.7 Å². The molecule has 2 amide bonds. The van der Waals surface area contributed by atoms with Crippen molar-refractivity contribution in [3.8, 4) is 22.3 Å². The fourth-order valence-corrected chi connectivity index (χ4v) is 8.78. The average molecular weight is 691 g/mol. The molecular formula is C42H34N4O2S2. The van der Waals surface area contributed by atoms with Gasteiger partial charge in [0.25, 0.3) is 11.8 Å². The van der Waals surface area contributed by atoms with Crippen LogP contribution in [-0.2, 0) is 22.4 Å². The van der Waals surface area contributed by atoms with Gasteiger partial charge in [0.15, 0.2) is 0 Å². The highest BCUT2D eigenvalue weighted by Gasteiger charge is 2.51. The van der Waals surface area contributed by atoms with Gasteiger partial charge in [0, 0.05) is 11.4 Å². The molecule has 6 aromatic rings. The topological polar surface area (TPSA) is 92.7 Å². The van der Waals surface area contributed by atoms with Crippen molar-refractivity contribution in [2.24, 2.45) is 0 Å². The van der Waals surface area contributed by atoms with Crippen LogP contribution < -0.4 is 21.3 Å². The van der Waals surface area contributed by atoms with Gasteiger partial charge in [-0.1, -0.05) is 74.5 Å². The van der Waals surface area contributed by atoms with E-state index in [1.807, 2.05) is 97.1 Å². The van der Waals surface area contributed by atoms with Crippen molar-refractivity contribution >= 4 is 68.6 Å². The molecule has 246 valence electrons. The Morgan fingerprint density at radius 2 is 0.900 bits per heavy atom. The molecule has 4 N–H and O–H groups in total. The number of carbonyl (C=O) groups is 2. The third-order valence-electron chi connectivity index (χ3n) is 9.39. The van der Waals surface area contributed by atoms with Gasteiger partial charge in [0.1, 0.15) is 0 Å². The predicted octanol–water partition coefficient (Wildman–Crippen LogP) is 9.65. The molecule has 0 radical (unpaired) electrons. The van der Waals surface area contributed by atoms with Crippen LogP contribution in [0.1, 0.15) is 34.7 Å². The van der Waals surface area contributed by atoms with Crippen molar-refractivity contribution in [3.63, 3.8) is 0 Å². The van der Waals surface area contributed by atoms with E-state index in [1.165, 1.54) is 22.7 Å². The first kappa shape index (κ1) is 31.6. The summed E-state index contributed by atoms with van der Waals surface area (Å²) in [5.74, 6) is -0.416. The molecule has 50 heavy (non-hydrogen) atoms. The second kappa shape index (κ2) is 12.6. The highest BCUT2D eigenvalue weighted by Crippen LogP contribution is 2.52. The number of nitrogens with two attached hydrogens (primary N) is 2. The van der Waals surface area contributed by atoms with Crippen LogP contribution in [0.5, 0.6) is 0 Å². The summed E-state index contributed by atoms with van der Waals surface area (Å²) in [5, 5.41) is 4.15. The number of nitrogens with zero attached hydrogens (tertiary/aromatic N) is 2. The summed E-state index contributed by atoms with van der Waals surface area (Å²) in [6.07, 6.45) is 1.46. The Labute approximate surface area is 299 Å². The summed E-state index contributed by atoms with van der Waals surface area (Å²) < 4.78 is 0. The van der Waals surface area contributed by atoms with E-state index < -0.39 is 0 Å². The van der Waals surface area contributed by atoms with Crippen molar-refractivity contribution in [2.75, 3.05) is 21.3 Å². The number of fused-ring (bicyclic) bond motifs is 1. The molecule has 0 atom stereocenters. The Hall–Kier alpha value is -5.70. The maximum atomic E-state index is 15.2. The van der Waals surface area contributed by atoms with Crippen LogP contribution >= 0.6 is 22.7 Å². The highest BCUT2D eigenvalue weighted by atomic mass is 32.1. The minimum absolute atomic E-state index is 0.208. The number of hydrogen-bond donors (Lipinski definition) is 2. The molecular weight excluding hydrogens is 657 g/mol. The van der Waals surface area contributed by atoms with Gasteiger partial charge in [-0.3, -0.25) is 19.4 Å². The molecule has 0 unspecified atom stereocenters. The van der Waals surface area contributed by atoms with Crippen LogP contribution in [0, 0.1) is 0 Å². The zero-order valence-electron chi connectivity index (χ0n) is 27.6. The normalized spacial score (nSPS) is 14.4. The van der Waals surface area contributed by atoms with Crippen molar-refractivity contribution in [1.82, 2.24) is 0 Å². The molecule has 0 fully saturated rings. The molecule has 2 aromatic heterocycles. The summed E-state index contributed by atoms with van der Waals surface area (Å²) in [7, 11) is 0. The van der Waals surface area contributed by atoms with Gasteiger partial charge in [-0.25, -0.2) is 0 Å². The number of amides is 2. The standard InChI is InChI=1S/C42H34N4O2S2/c1-3-25-9-5-7-11-33(25)45-39(35-21-29(23-49-35)27-13-17-31(43)18-14-27)37-38(41(45)47)40(46(42(37)48)34-12-8-6-10-26(34)4-2)36-22-30(24-50-36)28-15-19-32(44)20-16-28/h5-24H,3-4,43-44H2,1-2H3. The number of benzene rings is 4. The average Bonchev–Trinajstić information content (AvgIpc) is 3.94. The molecule has 0 spiro atoms. The van der Waals surface area contributed by atoms with E-state index in [9.17, 15) is 0 Å². The van der Waals surface area contributed by atoms with Crippen molar-refractivity contribution in [1.29, 1.82) is 0 Å². The molecule has 0 saturated carbocycles. The second-order valence-corrected chi connectivity index (χ2v) is 14.2. The fraction of sp³-hybridized carbons (Fsp3) is 0.0952. The van der Waals surface area contributed by atoms with Gasteiger partial charge in [-0.2, -0.15) is 0 Å². The molecule has 4 heterocycles. The summed E-state index contributed by atoms with van der Waals surface area (Å²) in [5.41, 5.74) is 23.1. The molecule has 8 heteroatoms. The van der Waals surface area contributed by atoms with E-state index in [1.54, 1.807) is 9.80 Å². The third-order valence-corrected chi connectivity index (χ3v) is 11.3. The van der Waals surface area contributed by atoms with E-state index in [0.717, 1.165) is 67.4 Å². The van der Waals surface area contributed by atoms with E-state index >= 15 is 9.59 Å². The first-order chi connectivity index (χ1) is 24.4. The maximum absolute atomic E-state index is 15.2. The zero-order chi connectivity index (χ0) is 34.5. The van der Waals surface area contributed by atoms with Gasteiger partial charge < -0.3 is 11.5 Å². The lowest BCUT2D eigenvalue weighted by Crippen LogP contribution is -2.30. The summed E-state index contributed by atoms with van der Waals surface area (Å²) >= 11 is 3.06. The number of thiophene rings is 2. The number of carbonyl (C=O) groups excluding carboxylic acids is 2. The van der Waals surface area contributed by atoms with Gasteiger partial charge in [0.2, 0.25) is 0 Å². The van der Waals surface area contributed by atoms with Crippen molar-refractivity contribution in [3.05, 3.63) is 152 Å². The predicted molar refractivity (Wildman–Crippen MR) is 209 cm³/mol. The lowest BCUT2D eigenvalue weighted by molar-refractivity contribution is -0.115. The van der Waals surface area contributed by atoms with Gasteiger partial charge >= 0.3 is 0 Å². The molecule has 8 rings (SSSR count). The molecule has 4 aromatic carbocycles. The second-order valence-electron chi connectivity index (χ2n) is 12.3. The Bertz CT molecular complexity index is 2200. The number of aryl methyl sites for hydroxylation is 2. The van der Waals surface area contributed by atoms with Crippen LogP contribution in [0.25, 0.3) is 33.6 Å². The highest BCUT2D eigenvalue weighted by molar-refractivity contribution is 7.12. The zero-order valence-corrected chi connectivity index (χ0v) is 29.3. The van der Waals surface area contributed by atoms with Crippen LogP contribution in [0.3, 0.4) is 0 Å². The Morgan fingerprint density at radius 3 is 1.28 bits per heavy atom. The monoisotopic (exact) mass is 690 g/mol. The molecule has 0 bridgehead atoms. The molecule has 6 nitrogen and oxygen atoms in total. The quantitative estimate of drug-likeness (QED) is 0.156. The number of rotatable bonds is 8. The Balaban J connectivity index is 1.40. The largest absolute Gasteiger partial charge is 0.399 e. The summed E-state index contributed by atoms with van der Waals surface area (Å²) in [4.78, 5) is 35.5. The van der Waals surface area contributed by atoms with Crippen molar-refractivity contribution < 1.29 is 9.59 Å². The molecule has 0 saturated heterocycles. The lowest BCUT2D eigenvalue weighted by Gasteiger charge is -2.26. The SMILES string of the molecule is CCc1ccccc1N1C(=O)C2=C(c3cc(-c4ccc(N)cc4)cs3)N(c3ccccc3CC)C(=O)C2=C1c1cc(-c2ccc(N)cc2)cs1. The number of nitrogen functional groups attached to an aromatic ring is 2. The van der Waals surface area contributed by atoms with E-state index in [0.29, 0.717) is 33.9 Å². The minimum Gasteiger partial charge on any atom is -0.399 e. The Kier molecular flexibility index (Phi) is 7.98. The van der Waals surface area contributed by atoms with E-state index in [-0.39, 0.29) is 11.8 Å². The summed E-state index contributed by atoms with van der Waals surface area (Å²) in [6.45, 7) is 4.17. The van der Waals surface area contributed by atoms with Gasteiger partial charge in [0.05, 0.1) is 43.7 Å². The maximum Gasteiger partial charge on any atom is 0.265 e. The molecule has 2 aliphatic heterocycles. The Morgan fingerprint density at radius 1 is 0.520 bits per heavy atom. The van der Waals surface area contributed by atoms with E-state index in [4.69, 9.17) is 11.5 Å². The number of para-hydroxylation sites is 2. The van der Waals surface area contributed by atoms with Crippen LogP contribution in [0.15, 0.2) is 131 Å². The minimum atomic E-state index is -0.208. The van der Waals surface area contributed by atoms with Crippen LogP contribution in [0.4, 0.5) is 22.7 Å². The van der Waals surface area contributed by atoms with E-state index in [2.05, 4.69) is 36.7 Å². The number of anilines is 4. The lowest BCUT2D eigenvalue weighted by atomic mass is 10.0. The fourth-order valence-electron chi connectivity index (χ4n) is 6.86. The smallest absolute Gasteiger partial charge is 0.265 e. The van der Waals surface area contributed by atoms with Crippen LogP contribution in [0.2, 0.25) is 0 Å². The van der Waals surface area contributed by atoms with Gasteiger partial charge in [-0.05, 0) is 106 Å². The van der Waals surface area contributed by atoms with Gasteiger partial charge in [-0.15, -0.1) is 22.7 Å². The molecule has 0 aliphatic carbocycles. The summed E-state index contributed by atoms with van der Waals surface area (Å²) in [6, 6.07) is 35.6.